The molecule has 21 heavy (non-hydrogen) atoms. The van der Waals surface area contributed by atoms with Gasteiger partial charge in [-0.05, 0) is 31.0 Å². The first-order valence-corrected chi connectivity index (χ1v) is 6.76. The van der Waals surface area contributed by atoms with Gasteiger partial charge in [-0.25, -0.2) is 14.0 Å². The second kappa shape index (κ2) is 6.53. The maximum absolute atomic E-state index is 13.6. The summed E-state index contributed by atoms with van der Waals surface area (Å²) in [5.74, 6) is -1.93. The number of amides is 2. The van der Waals surface area contributed by atoms with E-state index < -0.39 is 23.9 Å². The first-order chi connectivity index (χ1) is 9.97. The summed E-state index contributed by atoms with van der Waals surface area (Å²) < 4.78 is 13.6. The van der Waals surface area contributed by atoms with Crippen molar-refractivity contribution >= 4 is 17.7 Å². The van der Waals surface area contributed by atoms with Crippen molar-refractivity contribution in [2.24, 2.45) is 0 Å². The van der Waals surface area contributed by atoms with E-state index in [1.165, 1.54) is 0 Å². The fraction of sp³-hybridized carbons (Fsp3) is 0.429. The van der Waals surface area contributed by atoms with E-state index in [1.807, 2.05) is 0 Å². The molecular weight excluding hydrogens is 279 g/mol. The largest absolute Gasteiger partial charge is 0.478 e. The molecule has 0 bridgehead atoms. The van der Waals surface area contributed by atoms with Gasteiger partial charge in [-0.15, -0.1) is 0 Å². The zero-order valence-corrected chi connectivity index (χ0v) is 11.3. The van der Waals surface area contributed by atoms with Crippen molar-refractivity contribution in [2.75, 3.05) is 5.32 Å². The zero-order chi connectivity index (χ0) is 15.4. The van der Waals surface area contributed by atoms with Crippen molar-refractivity contribution in [1.82, 2.24) is 5.32 Å². The van der Waals surface area contributed by atoms with E-state index in [0.717, 1.165) is 31.0 Å². The van der Waals surface area contributed by atoms with Crippen LogP contribution in [0.3, 0.4) is 0 Å². The number of carbonyl (C=O) groups is 2. The molecule has 0 aromatic heterocycles. The highest BCUT2D eigenvalue weighted by Gasteiger charge is 2.24. The minimum Gasteiger partial charge on any atom is -0.478 e. The van der Waals surface area contributed by atoms with E-state index in [4.69, 9.17) is 5.11 Å². The van der Waals surface area contributed by atoms with Crippen LogP contribution in [0.2, 0.25) is 0 Å². The summed E-state index contributed by atoms with van der Waals surface area (Å²) in [7, 11) is 0. The molecule has 2 amide bonds. The van der Waals surface area contributed by atoms with Crippen molar-refractivity contribution in [3.05, 3.63) is 29.6 Å². The molecule has 2 atom stereocenters. The van der Waals surface area contributed by atoms with Crippen LogP contribution in [0.5, 0.6) is 0 Å². The molecule has 1 saturated carbocycles. The summed E-state index contributed by atoms with van der Waals surface area (Å²) in [4.78, 5) is 22.6. The minimum atomic E-state index is -1.21. The Kier molecular flexibility index (Phi) is 4.74. The lowest BCUT2D eigenvalue weighted by Crippen LogP contribution is -2.46. The Bertz CT molecular complexity index is 550. The van der Waals surface area contributed by atoms with Gasteiger partial charge in [0.25, 0.3) is 0 Å². The number of rotatable bonds is 3. The average Bonchev–Trinajstić information content (AvgIpc) is 2.43. The van der Waals surface area contributed by atoms with Crippen LogP contribution in [-0.4, -0.2) is 34.4 Å². The second-order valence-corrected chi connectivity index (χ2v) is 5.06. The lowest BCUT2D eigenvalue weighted by Gasteiger charge is -2.28. The molecule has 1 aliphatic rings. The number of benzene rings is 1. The molecular formula is C14H17FN2O4. The fourth-order valence-electron chi connectivity index (χ4n) is 2.36. The summed E-state index contributed by atoms with van der Waals surface area (Å²) >= 11 is 0. The normalized spacial score (nSPS) is 21.6. The number of carbonyl (C=O) groups excluding carboxylic acids is 1. The molecule has 114 valence electrons. The summed E-state index contributed by atoms with van der Waals surface area (Å²) in [5, 5.41) is 23.5. The topological polar surface area (TPSA) is 98.7 Å². The Labute approximate surface area is 121 Å². The highest BCUT2D eigenvalue weighted by Crippen LogP contribution is 2.19. The molecule has 6 nitrogen and oxygen atoms in total. The molecule has 7 heteroatoms. The van der Waals surface area contributed by atoms with Gasteiger partial charge in [-0.1, -0.05) is 12.8 Å². The molecule has 0 heterocycles. The van der Waals surface area contributed by atoms with Gasteiger partial charge >= 0.3 is 12.0 Å². The van der Waals surface area contributed by atoms with Gasteiger partial charge in [-0.3, -0.25) is 0 Å². The molecule has 0 spiro atoms. The maximum atomic E-state index is 13.6. The van der Waals surface area contributed by atoms with Gasteiger partial charge in [0.2, 0.25) is 0 Å². The maximum Gasteiger partial charge on any atom is 0.335 e. The first kappa shape index (κ1) is 15.2. The molecule has 0 radical (unpaired) electrons. The highest BCUT2D eigenvalue weighted by molar-refractivity contribution is 5.93. The molecule has 1 aliphatic carbocycles. The predicted molar refractivity (Wildman–Crippen MR) is 73.8 cm³/mol. The number of carboxylic acid groups (broad SMARTS) is 1. The Morgan fingerprint density at radius 2 is 1.95 bits per heavy atom. The summed E-state index contributed by atoms with van der Waals surface area (Å²) in [6.07, 6.45) is 2.49. The summed E-state index contributed by atoms with van der Waals surface area (Å²) in [5.41, 5.74) is -0.331. The van der Waals surface area contributed by atoms with Crippen molar-refractivity contribution in [3.8, 4) is 0 Å². The smallest absolute Gasteiger partial charge is 0.335 e. The van der Waals surface area contributed by atoms with Crippen molar-refractivity contribution in [3.63, 3.8) is 0 Å². The molecule has 0 aliphatic heterocycles. The average molecular weight is 296 g/mol. The van der Waals surface area contributed by atoms with Gasteiger partial charge in [0.1, 0.15) is 5.82 Å². The summed E-state index contributed by atoms with van der Waals surface area (Å²) in [6.45, 7) is 0. The van der Waals surface area contributed by atoms with Crippen LogP contribution >= 0.6 is 0 Å². The summed E-state index contributed by atoms with van der Waals surface area (Å²) in [6, 6.07) is 2.11. The number of halogens is 1. The zero-order valence-electron chi connectivity index (χ0n) is 11.3. The molecule has 2 rings (SSSR count). The highest BCUT2D eigenvalue weighted by atomic mass is 19.1. The van der Waals surface area contributed by atoms with Crippen molar-refractivity contribution < 1.29 is 24.2 Å². The third kappa shape index (κ3) is 3.91. The number of anilines is 1. The molecule has 2 unspecified atom stereocenters. The number of aliphatic hydroxyl groups is 1. The lowest BCUT2D eigenvalue weighted by atomic mass is 9.93. The number of aromatic carboxylic acids is 1. The first-order valence-electron chi connectivity index (χ1n) is 6.76. The molecule has 1 aromatic carbocycles. The molecule has 4 N–H and O–H groups in total. The molecule has 1 fully saturated rings. The van der Waals surface area contributed by atoms with Crippen LogP contribution in [0.4, 0.5) is 14.9 Å². The minimum absolute atomic E-state index is 0.121. The van der Waals surface area contributed by atoms with Crippen LogP contribution in [0.25, 0.3) is 0 Å². The van der Waals surface area contributed by atoms with E-state index >= 15 is 0 Å². The van der Waals surface area contributed by atoms with Crippen LogP contribution < -0.4 is 10.6 Å². The van der Waals surface area contributed by atoms with E-state index in [0.29, 0.717) is 12.8 Å². The number of carboxylic acids is 1. The van der Waals surface area contributed by atoms with Gasteiger partial charge in [-0.2, -0.15) is 0 Å². The van der Waals surface area contributed by atoms with E-state index in [1.54, 1.807) is 0 Å². The third-order valence-corrected chi connectivity index (χ3v) is 3.51. The molecule has 1 aromatic rings. The number of hydrogen-bond donors (Lipinski definition) is 4. The van der Waals surface area contributed by atoms with Crippen LogP contribution in [0.1, 0.15) is 36.0 Å². The number of nitrogens with one attached hydrogen (secondary N) is 2. The standard InChI is InChI=1S/C14H17FN2O4/c15-9-6-5-8(13(19)20)7-11(9)17-14(21)16-10-3-1-2-4-12(10)18/h5-7,10,12,18H,1-4H2,(H,19,20)(H2,16,17,21). The van der Waals surface area contributed by atoms with Crippen LogP contribution in [0, 0.1) is 5.82 Å². The van der Waals surface area contributed by atoms with E-state index in [2.05, 4.69) is 10.6 Å². The van der Waals surface area contributed by atoms with Gasteiger partial charge in [0.15, 0.2) is 0 Å². The predicted octanol–water partition coefficient (Wildman–Crippen LogP) is 1.95. The second-order valence-electron chi connectivity index (χ2n) is 5.06. The third-order valence-electron chi connectivity index (χ3n) is 3.51. The van der Waals surface area contributed by atoms with Crippen LogP contribution in [0.15, 0.2) is 18.2 Å². The van der Waals surface area contributed by atoms with E-state index in [-0.39, 0.29) is 17.3 Å². The number of urea groups is 1. The van der Waals surface area contributed by atoms with Gasteiger partial charge < -0.3 is 20.8 Å². The van der Waals surface area contributed by atoms with Gasteiger partial charge in [0.05, 0.1) is 23.4 Å². The monoisotopic (exact) mass is 296 g/mol. The Morgan fingerprint density at radius 3 is 2.62 bits per heavy atom. The van der Waals surface area contributed by atoms with Crippen LogP contribution in [-0.2, 0) is 0 Å². The quantitative estimate of drug-likeness (QED) is 0.685. The fourth-order valence-corrected chi connectivity index (χ4v) is 2.36. The lowest BCUT2D eigenvalue weighted by molar-refractivity contribution is 0.0697. The number of aliphatic hydroxyl groups excluding tert-OH is 1. The van der Waals surface area contributed by atoms with Crippen molar-refractivity contribution in [2.45, 2.75) is 37.8 Å². The Morgan fingerprint density at radius 1 is 1.24 bits per heavy atom. The molecule has 0 saturated heterocycles. The van der Waals surface area contributed by atoms with Gasteiger partial charge in [0, 0.05) is 0 Å². The SMILES string of the molecule is O=C(Nc1cc(C(=O)O)ccc1F)NC1CCCCC1O. The number of hydrogen-bond acceptors (Lipinski definition) is 3. The van der Waals surface area contributed by atoms with E-state index in [9.17, 15) is 19.1 Å². The van der Waals surface area contributed by atoms with Crippen molar-refractivity contribution in [1.29, 1.82) is 0 Å². The Balaban J connectivity index is 2.02. The Hall–Kier alpha value is -2.15.